The van der Waals surface area contributed by atoms with E-state index < -0.39 is 0 Å². The molecule has 2 heterocycles. The molecule has 1 N–H and O–H groups in total. The summed E-state index contributed by atoms with van der Waals surface area (Å²) in [6, 6.07) is 21.0. The zero-order chi connectivity index (χ0) is 18.9. The molecular weight excluding hydrogens is 346 g/mol. The molecule has 5 rings (SSSR count). The predicted molar refractivity (Wildman–Crippen MR) is 113 cm³/mol. The van der Waals surface area contributed by atoms with E-state index in [1.165, 1.54) is 21.9 Å². The highest BCUT2D eigenvalue weighted by atomic mass is 16.2. The van der Waals surface area contributed by atoms with Crippen molar-refractivity contribution in [2.24, 2.45) is 0 Å². The number of fused-ring (bicyclic) bond motifs is 2. The number of carbonyl (C=O) groups excluding carboxylic acids is 1. The van der Waals surface area contributed by atoms with Gasteiger partial charge in [0, 0.05) is 18.5 Å². The second-order valence-electron chi connectivity index (χ2n) is 7.31. The third-order valence-electron chi connectivity index (χ3n) is 5.56. The van der Waals surface area contributed by atoms with E-state index in [1.54, 1.807) is 6.20 Å². The fourth-order valence-electron chi connectivity index (χ4n) is 4.03. The number of amides is 1. The van der Waals surface area contributed by atoms with Gasteiger partial charge in [0.15, 0.2) is 0 Å². The van der Waals surface area contributed by atoms with Crippen LogP contribution in [0.4, 0.5) is 0 Å². The van der Waals surface area contributed by atoms with E-state index in [0.29, 0.717) is 13.0 Å². The zero-order valence-electron chi connectivity index (χ0n) is 15.6. The molecule has 1 aromatic heterocycles. The Hall–Kier alpha value is -3.40. The summed E-state index contributed by atoms with van der Waals surface area (Å²) < 4.78 is 0. The molecule has 0 bridgehead atoms. The normalized spacial score (nSPS) is 14.4. The fourth-order valence-corrected chi connectivity index (χ4v) is 4.03. The molecule has 4 aromatic rings. The van der Waals surface area contributed by atoms with Crippen LogP contribution < -0.4 is 0 Å². The number of H-pyrrole nitrogens is 1. The second-order valence-corrected chi connectivity index (χ2v) is 7.31. The van der Waals surface area contributed by atoms with Crippen LogP contribution in [0, 0.1) is 0 Å². The molecule has 0 unspecified atom stereocenters. The third kappa shape index (κ3) is 3.07. The van der Waals surface area contributed by atoms with E-state index in [-0.39, 0.29) is 5.91 Å². The van der Waals surface area contributed by atoms with Crippen LogP contribution in [0.1, 0.15) is 17.5 Å². The van der Waals surface area contributed by atoms with Crippen molar-refractivity contribution >= 4 is 33.2 Å². The molecule has 1 aliphatic heterocycles. The number of aromatic nitrogens is 2. The largest absolute Gasteiger partial charge is 0.338 e. The lowest BCUT2D eigenvalue weighted by molar-refractivity contribution is -0.130. The maximum atomic E-state index is 12.8. The lowest BCUT2D eigenvalue weighted by Crippen LogP contribution is -2.35. The highest BCUT2D eigenvalue weighted by Crippen LogP contribution is 2.29. The summed E-state index contributed by atoms with van der Waals surface area (Å²) in [6.07, 6.45) is 5.32. The van der Waals surface area contributed by atoms with Gasteiger partial charge in [-0.3, -0.25) is 9.89 Å². The van der Waals surface area contributed by atoms with Gasteiger partial charge in [-0.25, -0.2) is 0 Å². The minimum absolute atomic E-state index is 0.177. The Morgan fingerprint density at radius 2 is 1.93 bits per heavy atom. The first-order valence-electron chi connectivity index (χ1n) is 9.65. The van der Waals surface area contributed by atoms with Crippen molar-refractivity contribution in [2.45, 2.75) is 12.8 Å². The van der Waals surface area contributed by atoms with Gasteiger partial charge in [-0.2, -0.15) is 5.10 Å². The predicted octanol–water partition coefficient (Wildman–Crippen LogP) is 4.57. The Bertz CT molecular complexity index is 1200. The molecule has 0 spiro atoms. The van der Waals surface area contributed by atoms with Gasteiger partial charge in [-0.05, 0) is 46.0 Å². The third-order valence-corrected chi connectivity index (χ3v) is 5.56. The van der Waals surface area contributed by atoms with E-state index in [4.69, 9.17) is 0 Å². The molecule has 0 saturated carbocycles. The molecule has 0 atom stereocenters. The first-order chi connectivity index (χ1) is 13.8. The molecule has 0 radical (unpaired) electrons. The number of nitrogens with zero attached hydrogens (tertiary/aromatic N) is 2. The number of hydrogen-bond donors (Lipinski definition) is 1. The van der Waals surface area contributed by atoms with Gasteiger partial charge in [0.2, 0.25) is 5.91 Å². The SMILES string of the molecule is O=C(Cc1ccc2[nH]ncc2c1)N1CC=C(c2cccc3ccccc23)CC1. The molecule has 0 fully saturated rings. The van der Waals surface area contributed by atoms with Gasteiger partial charge in [0.25, 0.3) is 0 Å². The van der Waals surface area contributed by atoms with E-state index in [1.807, 2.05) is 23.1 Å². The van der Waals surface area contributed by atoms with E-state index in [9.17, 15) is 4.79 Å². The van der Waals surface area contributed by atoms with Crippen molar-refractivity contribution in [2.75, 3.05) is 13.1 Å². The van der Waals surface area contributed by atoms with Crippen molar-refractivity contribution in [1.82, 2.24) is 15.1 Å². The highest BCUT2D eigenvalue weighted by molar-refractivity contribution is 5.94. The average Bonchev–Trinajstić information content (AvgIpc) is 3.21. The number of nitrogens with one attached hydrogen (secondary N) is 1. The number of aromatic amines is 1. The van der Waals surface area contributed by atoms with Crippen molar-refractivity contribution in [3.8, 4) is 0 Å². The van der Waals surface area contributed by atoms with Gasteiger partial charge < -0.3 is 4.90 Å². The second kappa shape index (κ2) is 6.97. The van der Waals surface area contributed by atoms with Gasteiger partial charge in [-0.1, -0.05) is 54.6 Å². The van der Waals surface area contributed by atoms with Gasteiger partial charge in [0.1, 0.15) is 0 Å². The molecule has 0 saturated heterocycles. The summed E-state index contributed by atoms with van der Waals surface area (Å²) >= 11 is 0. The van der Waals surface area contributed by atoms with Gasteiger partial charge in [-0.15, -0.1) is 0 Å². The molecule has 4 nitrogen and oxygen atoms in total. The summed E-state index contributed by atoms with van der Waals surface area (Å²) in [5.41, 5.74) is 4.65. The summed E-state index contributed by atoms with van der Waals surface area (Å²) in [6.45, 7) is 1.44. The topological polar surface area (TPSA) is 49.0 Å². The number of rotatable bonds is 3. The van der Waals surface area contributed by atoms with E-state index >= 15 is 0 Å². The van der Waals surface area contributed by atoms with Crippen molar-refractivity contribution in [3.63, 3.8) is 0 Å². The summed E-state index contributed by atoms with van der Waals surface area (Å²) in [7, 11) is 0. The van der Waals surface area contributed by atoms with Crippen molar-refractivity contribution in [1.29, 1.82) is 0 Å². The Labute approximate surface area is 163 Å². The van der Waals surface area contributed by atoms with Crippen LogP contribution in [0.25, 0.3) is 27.2 Å². The number of hydrogen-bond acceptors (Lipinski definition) is 2. The van der Waals surface area contributed by atoms with Crippen molar-refractivity contribution < 1.29 is 4.79 Å². The van der Waals surface area contributed by atoms with Crippen LogP contribution in [-0.4, -0.2) is 34.1 Å². The summed E-state index contributed by atoms with van der Waals surface area (Å²) in [4.78, 5) is 14.7. The molecule has 1 amide bonds. The molecule has 138 valence electrons. The minimum atomic E-state index is 0.177. The van der Waals surface area contributed by atoms with Gasteiger partial charge in [0.05, 0.1) is 18.1 Å². The van der Waals surface area contributed by atoms with Crippen LogP contribution in [0.2, 0.25) is 0 Å². The van der Waals surface area contributed by atoms with Crippen LogP contribution in [0.3, 0.4) is 0 Å². The lowest BCUT2D eigenvalue weighted by atomic mass is 9.94. The van der Waals surface area contributed by atoms with Crippen molar-refractivity contribution in [3.05, 3.63) is 84.1 Å². The Morgan fingerprint density at radius 1 is 1.04 bits per heavy atom. The fraction of sp³-hybridized carbons (Fsp3) is 0.167. The zero-order valence-corrected chi connectivity index (χ0v) is 15.6. The molecule has 0 aliphatic carbocycles. The first kappa shape index (κ1) is 16.8. The van der Waals surface area contributed by atoms with E-state index in [0.717, 1.165) is 29.4 Å². The van der Waals surface area contributed by atoms with Crippen LogP contribution >= 0.6 is 0 Å². The summed E-state index contributed by atoms with van der Waals surface area (Å²) in [5.74, 6) is 0.177. The molecule has 1 aliphatic rings. The molecule has 28 heavy (non-hydrogen) atoms. The summed E-state index contributed by atoms with van der Waals surface area (Å²) in [5, 5.41) is 10.6. The first-order valence-corrected chi connectivity index (χ1v) is 9.65. The molecular formula is C24H21N3O. The van der Waals surface area contributed by atoms with Gasteiger partial charge >= 0.3 is 0 Å². The average molecular weight is 367 g/mol. The molecule has 3 aromatic carbocycles. The number of carbonyl (C=O) groups is 1. The van der Waals surface area contributed by atoms with Crippen LogP contribution in [0.15, 0.2) is 72.9 Å². The smallest absolute Gasteiger partial charge is 0.227 e. The number of benzene rings is 3. The monoisotopic (exact) mass is 367 g/mol. The van der Waals surface area contributed by atoms with Crippen LogP contribution in [-0.2, 0) is 11.2 Å². The maximum Gasteiger partial charge on any atom is 0.227 e. The Morgan fingerprint density at radius 3 is 2.82 bits per heavy atom. The standard InChI is InChI=1S/C24H21N3O/c28-24(15-17-8-9-23-20(14-17)16-25-26-23)27-12-10-19(11-13-27)22-7-3-5-18-4-1-2-6-21(18)22/h1-10,14,16H,11-13,15H2,(H,25,26). The minimum Gasteiger partial charge on any atom is -0.338 e. The quantitative estimate of drug-likeness (QED) is 0.576. The maximum absolute atomic E-state index is 12.8. The molecule has 4 heteroatoms. The Kier molecular flexibility index (Phi) is 4.17. The van der Waals surface area contributed by atoms with E-state index in [2.05, 4.69) is 58.7 Å². The Balaban J connectivity index is 1.32. The highest BCUT2D eigenvalue weighted by Gasteiger charge is 2.19. The van der Waals surface area contributed by atoms with Crippen LogP contribution in [0.5, 0.6) is 0 Å². The lowest BCUT2D eigenvalue weighted by Gasteiger charge is -2.27.